The molecule has 0 aliphatic heterocycles. The van der Waals surface area contributed by atoms with Gasteiger partial charge < -0.3 is 10.1 Å². The minimum atomic E-state index is -0.337. The van der Waals surface area contributed by atoms with Crippen LogP contribution in [0.5, 0.6) is 0 Å². The molecule has 0 amide bonds. The third-order valence-electron chi connectivity index (χ3n) is 2.43. The van der Waals surface area contributed by atoms with E-state index < -0.39 is 0 Å². The molecule has 0 spiro atoms. The van der Waals surface area contributed by atoms with E-state index in [-0.39, 0.29) is 10.8 Å². The fourth-order valence-corrected chi connectivity index (χ4v) is 1.56. The fraction of sp³-hybridized carbons (Fsp3) is 0.500. The van der Waals surface area contributed by atoms with E-state index in [4.69, 9.17) is 16.3 Å². The first-order valence-electron chi connectivity index (χ1n) is 5.30. The lowest BCUT2D eigenvalue weighted by molar-refractivity contribution is 0.184. The summed E-state index contributed by atoms with van der Waals surface area (Å²) < 4.78 is 18.5. The number of hydrogen-bond donors (Lipinski definition) is 1. The Morgan fingerprint density at radius 2 is 2.25 bits per heavy atom. The maximum atomic E-state index is 13.5. The highest BCUT2D eigenvalue weighted by Crippen LogP contribution is 2.17. The molecule has 1 aromatic carbocycles. The van der Waals surface area contributed by atoms with Crippen molar-refractivity contribution < 1.29 is 9.13 Å². The highest BCUT2D eigenvalue weighted by Gasteiger charge is 2.07. The summed E-state index contributed by atoms with van der Waals surface area (Å²) in [6.07, 6.45) is 0.901. The van der Waals surface area contributed by atoms with Crippen LogP contribution >= 0.6 is 11.6 Å². The molecule has 1 rings (SSSR count). The van der Waals surface area contributed by atoms with Gasteiger partial charge in [-0.1, -0.05) is 23.7 Å². The maximum Gasteiger partial charge on any atom is 0.146 e. The highest BCUT2D eigenvalue weighted by atomic mass is 35.5. The van der Waals surface area contributed by atoms with Crippen LogP contribution < -0.4 is 5.32 Å². The summed E-state index contributed by atoms with van der Waals surface area (Å²) in [5.74, 6) is -0.337. The Bertz CT molecular complexity index is 333. The van der Waals surface area contributed by atoms with Gasteiger partial charge in [0.25, 0.3) is 0 Å². The van der Waals surface area contributed by atoms with Crippen LogP contribution in [0.1, 0.15) is 18.9 Å². The normalized spacial score (nSPS) is 12.8. The van der Waals surface area contributed by atoms with Gasteiger partial charge in [0, 0.05) is 31.9 Å². The highest BCUT2D eigenvalue weighted by molar-refractivity contribution is 6.30. The zero-order valence-electron chi connectivity index (χ0n) is 9.59. The molecule has 0 heterocycles. The number of benzene rings is 1. The molecule has 0 saturated heterocycles. The first kappa shape index (κ1) is 13.4. The Morgan fingerprint density at radius 3 is 2.94 bits per heavy atom. The predicted octanol–water partition coefficient (Wildman–Crippen LogP) is 2.99. The minimum Gasteiger partial charge on any atom is -0.385 e. The second-order valence-corrected chi connectivity index (χ2v) is 4.18. The van der Waals surface area contributed by atoms with E-state index in [9.17, 15) is 4.39 Å². The Labute approximate surface area is 101 Å². The van der Waals surface area contributed by atoms with Gasteiger partial charge in [-0.15, -0.1) is 0 Å². The van der Waals surface area contributed by atoms with Gasteiger partial charge in [-0.2, -0.15) is 0 Å². The molecule has 16 heavy (non-hydrogen) atoms. The van der Waals surface area contributed by atoms with Crippen molar-refractivity contribution in [3.8, 4) is 0 Å². The van der Waals surface area contributed by atoms with Crippen LogP contribution in [0.3, 0.4) is 0 Å². The largest absolute Gasteiger partial charge is 0.385 e. The van der Waals surface area contributed by atoms with Crippen molar-refractivity contribution in [2.75, 3.05) is 13.7 Å². The quantitative estimate of drug-likeness (QED) is 0.832. The molecule has 1 unspecified atom stereocenters. The number of ether oxygens (including phenoxy) is 1. The van der Waals surface area contributed by atoms with Crippen molar-refractivity contribution in [2.24, 2.45) is 0 Å². The number of halogens is 2. The first-order valence-corrected chi connectivity index (χ1v) is 5.68. The molecule has 0 fully saturated rings. The summed E-state index contributed by atoms with van der Waals surface area (Å²) in [6.45, 7) is 3.23. The molecule has 0 aliphatic carbocycles. The van der Waals surface area contributed by atoms with Crippen LogP contribution in [0.4, 0.5) is 4.39 Å². The van der Waals surface area contributed by atoms with E-state index >= 15 is 0 Å². The van der Waals surface area contributed by atoms with E-state index in [1.54, 1.807) is 25.3 Å². The van der Waals surface area contributed by atoms with Gasteiger partial charge in [0.1, 0.15) is 5.82 Å². The molecule has 2 nitrogen and oxygen atoms in total. The van der Waals surface area contributed by atoms with E-state index in [1.807, 2.05) is 6.92 Å². The maximum absolute atomic E-state index is 13.5. The summed E-state index contributed by atoms with van der Waals surface area (Å²) in [4.78, 5) is 0. The van der Waals surface area contributed by atoms with Crippen molar-refractivity contribution in [2.45, 2.75) is 25.9 Å². The van der Waals surface area contributed by atoms with Gasteiger partial charge in [-0.05, 0) is 19.4 Å². The summed E-state index contributed by atoms with van der Waals surface area (Å²) in [5, 5.41) is 3.39. The van der Waals surface area contributed by atoms with Crippen molar-refractivity contribution in [1.29, 1.82) is 0 Å². The van der Waals surface area contributed by atoms with Gasteiger partial charge in [-0.3, -0.25) is 0 Å². The van der Waals surface area contributed by atoms with E-state index in [1.165, 1.54) is 0 Å². The number of hydrogen-bond acceptors (Lipinski definition) is 2. The minimum absolute atomic E-state index is 0.170. The van der Waals surface area contributed by atoms with Crippen LogP contribution in [0.15, 0.2) is 18.2 Å². The summed E-state index contributed by atoms with van der Waals surface area (Å²) >= 11 is 5.69. The monoisotopic (exact) mass is 245 g/mol. The molecule has 1 N–H and O–H groups in total. The Balaban J connectivity index is 2.45. The van der Waals surface area contributed by atoms with E-state index in [0.29, 0.717) is 24.8 Å². The number of nitrogens with one attached hydrogen (secondary N) is 1. The van der Waals surface area contributed by atoms with Crippen LogP contribution in [0.2, 0.25) is 5.02 Å². The molecule has 0 aromatic heterocycles. The van der Waals surface area contributed by atoms with Crippen molar-refractivity contribution in [1.82, 2.24) is 5.32 Å². The van der Waals surface area contributed by atoms with Crippen LogP contribution in [-0.4, -0.2) is 19.8 Å². The lowest BCUT2D eigenvalue weighted by atomic mass is 10.2. The molecule has 0 bridgehead atoms. The smallest absolute Gasteiger partial charge is 0.146 e. The molecule has 0 aliphatic rings. The Kier molecular flexibility index (Phi) is 5.74. The third kappa shape index (κ3) is 4.08. The third-order valence-corrected chi connectivity index (χ3v) is 2.72. The lowest BCUT2D eigenvalue weighted by Crippen LogP contribution is -2.27. The number of methoxy groups -OCH3 is 1. The van der Waals surface area contributed by atoms with Crippen LogP contribution in [0, 0.1) is 5.82 Å². The second kappa shape index (κ2) is 6.84. The molecule has 4 heteroatoms. The van der Waals surface area contributed by atoms with Crippen molar-refractivity contribution in [3.05, 3.63) is 34.6 Å². The molecule has 1 atom stereocenters. The van der Waals surface area contributed by atoms with E-state index in [2.05, 4.69) is 5.32 Å². The molecule has 90 valence electrons. The van der Waals surface area contributed by atoms with Crippen LogP contribution in [-0.2, 0) is 11.3 Å². The van der Waals surface area contributed by atoms with Crippen LogP contribution in [0.25, 0.3) is 0 Å². The van der Waals surface area contributed by atoms with Gasteiger partial charge in [0.05, 0.1) is 5.02 Å². The summed E-state index contributed by atoms with van der Waals surface area (Å²) in [5.41, 5.74) is 0.594. The molecule has 0 radical (unpaired) electrons. The Hall–Kier alpha value is -0.640. The molecular formula is C12H17ClFNO. The van der Waals surface area contributed by atoms with Gasteiger partial charge in [0.15, 0.2) is 0 Å². The molecule has 1 aromatic rings. The van der Waals surface area contributed by atoms with Gasteiger partial charge >= 0.3 is 0 Å². The average molecular weight is 246 g/mol. The zero-order chi connectivity index (χ0) is 12.0. The zero-order valence-corrected chi connectivity index (χ0v) is 10.4. The fourth-order valence-electron chi connectivity index (χ4n) is 1.37. The van der Waals surface area contributed by atoms with Crippen molar-refractivity contribution >= 4 is 11.6 Å². The van der Waals surface area contributed by atoms with Crippen molar-refractivity contribution in [3.63, 3.8) is 0 Å². The average Bonchev–Trinajstić information content (AvgIpc) is 2.28. The SMILES string of the molecule is COCCC(C)NCc1cccc(Cl)c1F. The predicted molar refractivity (Wildman–Crippen MR) is 64.2 cm³/mol. The summed E-state index contributed by atoms with van der Waals surface area (Å²) in [7, 11) is 1.67. The standard InChI is InChI=1S/C12H17ClFNO/c1-9(6-7-16-2)15-8-10-4-3-5-11(13)12(10)14/h3-5,9,15H,6-8H2,1-2H3. The van der Waals surface area contributed by atoms with Gasteiger partial charge in [-0.25, -0.2) is 4.39 Å². The lowest BCUT2D eigenvalue weighted by Gasteiger charge is -2.13. The van der Waals surface area contributed by atoms with E-state index in [0.717, 1.165) is 6.42 Å². The molecular weight excluding hydrogens is 229 g/mol. The first-order chi connectivity index (χ1) is 7.65. The topological polar surface area (TPSA) is 21.3 Å². The Morgan fingerprint density at radius 1 is 1.50 bits per heavy atom. The second-order valence-electron chi connectivity index (χ2n) is 3.78. The number of rotatable bonds is 6. The molecule has 0 saturated carbocycles. The summed E-state index contributed by atoms with van der Waals surface area (Å²) in [6, 6.07) is 5.33. The van der Waals surface area contributed by atoms with Gasteiger partial charge in [0.2, 0.25) is 0 Å².